The molecule has 3 rings (SSSR count). The van der Waals surface area contributed by atoms with Crippen molar-refractivity contribution in [3.05, 3.63) is 57.8 Å². The molecule has 9 nitrogen and oxygen atoms in total. The summed E-state index contributed by atoms with van der Waals surface area (Å²) < 4.78 is 12.7. The van der Waals surface area contributed by atoms with E-state index in [2.05, 4.69) is 36.9 Å². The molecule has 0 fully saturated rings. The number of nitrogens with one attached hydrogen (secondary N) is 2. The highest BCUT2D eigenvalue weighted by Crippen LogP contribution is 2.29. The lowest BCUT2D eigenvalue weighted by Gasteiger charge is -2.11. The van der Waals surface area contributed by atoms with Gasteiger partial charge in [0.1, 0.15) is 6.54 Å². The Morgan fingerprint density at radius 2 is 1.68 bits per heavy atom. The van der Waals surface area contributed by atoms with Crippen molar-refractivity contribution in [2.24, 2.45) is 0 Å². The van der Waals surface area contributed by atoms with Gasteiger partial charge in [-0.15, -0.1) is 5.10 Å². The zero-order chi connectivity index (χ0) is 22.5. The lowest BCUT2D eigenvalue weighted by molar-refractivity contribution is -0.117. The maximum atomic E-state index is 12.6. The first kappa shape index (κ1) is 22.3. The van der Waals surface area contributed by atoms with Crippen molar-refractivity contribution in [2.75, 3.05) is 24.9 Å². The van der Waals surface area contributed by atoms with Gasteiger partial charge in [-0.05, 0) is 49.7 Å². The molecule has 0 unspecified atom stereocenters. The Kier molecular flexibility index (Phi) is 6.91. The normalized spacial score (nSPS) is 10.5. The van der Waals surface area contributed by atoms with Crippen LogP contribution in [0.5, 0.6) is 11.5 Å². The summed E-state index contributed by atoms with van der Waals surface area (Å²) in [6.45, 7) is 3.52. The molecule has 0 saturated heterocycles. The highest BCUT2D eigenvalue weighted by atomic mass is 79.9. The van der Waals surface area contributed by atoms with E-state index in [-0.39, 0.29) is 18.1 Å². The number of anilines is 2. The predicted octanol–water partition coefficient (Wildman–Crippen LogP) is 3.57. The lowest BCUT2D eigenvalue weighted by Crippen LogP contribution is -2.21. The summed E-state index contributed by atoms with van der Waals surface area (Å²) in [6, 6.07) is 10.5. The van der Waals surface area contributed by atoms with Crippen LogP contribution in [0.2, 0.25) is 0 Å². The fourth-order valence-corrected chi connectivity index (χ4v) is 3.13. The topological polar surface area (TPSA) is 107 Å². The van der Waals surface area contributed by atoms with Crippen molar-refractivity contribution >= 4 is 39.1 Å². The third-order valence-electron chi connectivity index (χ3n) is 4.57. The SMILES string of the molecule is COc1ccc(NC(=O)Cn2nnc(C(=O)Nc3ccc(Br)c(C)c3)c2C)cc1OC. The van der Waals surface area contributed by atoms with Gasteiger partial charge in [-0.25, -0.2) is 4.68 Å². The van der Waals surface area contributed by atoms with Crippen LogP contribution in [0.1, 0.15) is 21.7 Å². The fourth-order valence-electron chi connectivity index (χ4n) is 2.88. The average molecular weight is 488 g/mol. The van der Waals surface area contributed by atoms with Crippen molar-refractivity contribution in [3.63, 3.8) is 0 Å². The zero-order valence-corrected chi connectivity index (χ0v) is 19.1. The molecule has 2 amide bonds. The summed E-state index contributed by atoms with van der Waals surface area (Å²) in [4.78, 5) is 25.0. The molecule has 1 aromatic heterocycles. The number of hydrogen-bond donors (Lipinski definition) is 2. The first-order valence-corrected chi connectivity index (χ1v) is 10.1. The second-order valence-corrected chi connectivity index (χ2v) is 7.57. The third kappa shape index (κ3) is 5.21. The Morgan fingerprint density at radius 3 is 2.35 bits per heavy atom. The number of halogens is 1. The molecule has 0 aliphatic carbocycles. The number of ether oxygens (including phenoxy) is 2. The first-order valence-electron chi connectivity index (χ1n) is 9.32. The summed E-state index contributed by atoms with van der Waals surface area (Å²) >= 11 is 3.43. The number of aryl methyl sites for hydroxylation is 1. The average Bonchev–Trinajstić information content (AvgIpc) is 3.10. The number of rotatable bonds is 7. The standard InChI is InChI=1S/C21H22BrN5O4/c1-12-9-14(5-7-16(12)22)24-21(29)20-13(2)27(26-25-20)11-19(28)23-15-6-8-17(30-3)18(10-15)31-4/h5-10H,11H2,1-4H3,(H,23,28)(H,24,29). The van der Waals surface area contributed by atoms with Gasteiger partial charge in [0.25, 0.3) is 5.91 Å². The number of carbonyl (C=O) groups excluding carboxylic acids is 2. The zero-order valence-electron chi connectivity index (χ0n) is 17.5. The summed E-state index contributed by atoms with van der Waals surface area (Å²) in [5.41, 5.74) is 2.81. The second-order valence-electron chi connectivity index (χ2n) is 6.72. The summed E-state index contributed by atoms with van der Waals surface area (Å²) in [5, 5.41) is 13.4. The van der Waals surface area contributed by atoms with E-state index in [9.17, 15) is 9.59 Å². The van der Waals surface area contributed by atoms with Crippen molar-refractivity contribution in [3.8, 4) is 11.5 Å². The maximum Gasteiger partial charge on any atom is 0.278 e. The largest absolute Gasteiger partial charge is 0.493 e. The van der Waals surface area contributed by atoms with Crippen LogP contribution in [0, 0.1) is 13.8 Å². The van der Waals surface area contributed by atoms with E-state index in [1.165, 1.54) is 18.9 Å². The van der Waals surface area contributed by atoms with Crippen LogP contribution in [0.3, 0.4) is 0 Å². The molecule has 31 heavy (non-hydrogen) atoms. The van der Waals surface area contributed by atoms with Gasteiger partial charge in [0, 0.05) is 21.9 Å². The van der Waals surface area contributed by atoms with Gasteiger partial charge in [0.05, 0.1) is 19.9 Å². The minimum atomic E-state index is -0.397. The smallest absolute Gasteiger partial charge is 0.278 e. The van der Waals surface area contributed by atoms with Crippen LogP contribution in [0.25, 0.3) is 0 Å². The maximum absolute atomic E-state index is 12.6. The number of amides is 2. The molecule has 0 bridgehead atoms. The number of nitrogens with zero attached hydrogens (tertiary/aromatic N) is 3. The van der Waals surface area contributed by atoms with Gasteiger partial charge in [0.2, 0.25) is 5.91 Å². The van der Waals surface area contributed by atoms with Gasteiger partial charge >= 0.3 is 0 Å². The Balaban J connectivity index is 1.67. The highest BCUT2D eigenvalue weighted by Gasteiger charge is 2.18. The Hall–Kier alpha value is -3.40. The molecule has 0 aliphatic heterocycles. The third-order valence-corrected chi connectivity index (χ3v) is 5.46. The Labute approximate surface area is 187 Å². The van der Waals surface area contributed by atoms with Gasteiger partial charge in [0.15, 0.2) is 17.2 Å². The van der Waals surface area contributed by atoms with E-state index >= 15 is 0 Å². The van der Waals surface area contributed by atoms with Gasteiger partial charge in [-0.1, -0.05) is 21.1 Å². The lowest BCUT2D eigenvalue weighted by atomic mass is 10.2. The van der Waals surface area contributed by atoms with E-state index in [0.29, 0.717) is 28.6 Å². The second kappa shape index (κ2) is 9.61. The van der Waals surface area contributed by atoms with Crippen molar-refractivity contribution in [1.29, 1.82) is 0 Å². The van der Waals surface area contributed by atoms with E-state index in [0.717, 1.165) is 10.0 Å². The van der Waals surface area contributed by atoms with Crippen LogP contribution in [-0.2, 0) is 11.3 Å². The highest BCUT2D eigenvalue weighted by molar-refractivity contribution is 9.10. The van der Waals surface area contributed by atoms with Crippen LogP contribution in [-0.4, -0.2) is 41.0 Å². The summed E-state index contributed by atoms with van der Waals surface area (Å²) in [6.07, 6.45) is 0. The van der Waals surface area contributed by atoms with Crippen LogP contribution < -0.4 is 20.1 Å². The van der Waals surface area contributed by atoms with E-state index in [1.54, 1.807) is 31.2 Å². The molecule has 162 valence electrons. The molecular weight excluding hydrogens is 466 g/mol. The van der Waals surface area contributed by atoms with E-state index in [4.69, 9.17) is 9.47 Å². The molecule has 0 radical (unpaired) electrons. The molecular formula is C21H22BrN5O4. The Bertz CT molecular complexity index is 1130. The minimum Gasteiger partial charge on any atom is -0.493 e. The number of benzene rings is 2. The predicted molar refractivity (Wildman–Crippen MR) is 120 cm³/mol. The Morgan fingerprint density at radius 1 is 1.00 bits per heavy atom. The number of methoxy groups -OCH3 is 2. The summed E-state index contributed by atoms with van der Waals surface area (Å²) in [5.74, 6) is 0.338. The summed E-state index contributed by atoms with van der Waals surface area (Å²) in [7, 11) is 3.06. The molecule has 2 aromatic carbocycles. The van der Waals surface area contributed by atoms with Crippen molar-refractivity contribution < 1.29 is 19.1 Å². The molecule has 0 spiro atoms. The molecule has 0 atom stereocenters. The first-order chi connectivity index (χ1) is 14.8. The van der Waals surface area contributed by atoms with Crippen LogP contribution in [0.15, 0.2) is 40.9 Å². The van der Waals surface area contributed by atoms with E-state index in [1.807, 2.05) is 19.1 Å². The van der Waals surface area contributed by atoms with Crippen molar-refractivity contribution in [1.82, 2.24) is 15.0 Å². The monoisotopic (exact) mass is 487 g/mol. The van der Waals surface area contributed by atoms with Crippen molar-refractivity contribution in [2.45, 2.75) is 20.4 Å². The molecule has 0 saturated carbocycles. The van der Waals surface area contributed by atoms with Crippen LogP contribution >= 0.6 is 15.9 Å². The van der Waals surface area contributed by atoms with Gasteiger partial charge in [-0.2, -0.15) is 0 Å². The molecule has 1 heterocycles. The molecule has 0 aliphatic rings. The van der Waals surface area contributed by atoms with Crippen LogP contribution in [0.4, 0.5) is 11.4 Å². The quantitative estimate of drug-likeness (QED) is 0.527. The number of hydrogen-bond acceptors (Lipinski definition) is 6. The molecule has 3 aromatic rings. The van der Waals surface area contributed by atoms with E-state index < -0.39 is 5.91 Å². The molecule has 2 N–H and O–H groups in total. The number of carbonyl (C=O) groups is 2. The fraction of sp³-hybridized carbons (Fsp3) is 0.238. The van der Waals surface area contributed by atoms with Gasteiger partial charge in [-0.3, -0.25) is 9.59 Å². The van der Waals surface area contributed by atoms with Gasteiger partial charge < -0.3 is 20.1 Å². The number of aromatic nitrogens is 3. The molecule has 10 heteroatoms. The minimum absolute atomic E-state index is 0.0994.